The first-order chi connectivity index (χ1) is 11.8. The highest BCUT2D eigenvalue weighted by atomic mass is 14.9. The maximum Gasteiger partial charge on any atom is 0.0606 e. The third-order valence-electron chi connectivity index (χ3n) is 3.86. The molecular formula is C21H31BN2. The number of nitrogens with one attached hydrogen (secondary N) is 2. The van der Waals surface area contributed by atoms with Crippen LogP contribution in [0.2, 0.25) is 6.82 Å². The van der Waals surface area contributed by atoms with Gasteiger partial charge in [0.15, 0.2) is 0 Å². The van der Waals surface area contributed by atoms with E-state index in [9.17, 15) is 0 Å². The summed E-state index contributed by atoms with van der Waals surface area (Å²) < 4.78 is 0. The standard InChI is InChI=1S/C20H28N2.CH3B/c1-3-5-10-17(9-4-2)21-19-13-15-20(16-14-19)22-18-11-7-6-8-12-18;1-2/h6-8,11-17,21-22H,3-5,9-10H2,1-2H3;1H3. The molecule has 0 aliphatic carbocycles. The van der Waals surface area contributed by atoms with Crippen LogP contribution in [-0.4, -0.2) is 13.9 Å². The lowest BCUT2D eigenvalue weighted by atomic mass is 10.0. The number of anilines is 3. The third-order valence-corrected chi connectivity index (χ3v) is 3.86. The molecule has 0 saturated carbocycles. The van der Waals surface area contributed by atoms with E-state index in [4.69, 9.17) is 0 Å². The highest BCUT2D eigenvalue weighted by Gasteiger charge is 2.06. The van der Waals surface area contributed by atoms with E-state index in [-0.39, 0.29) is 0 Å². The van der Waals surface area contributed by atoms with Gasteiger partial charge < -0.3 is 10.6 Å². The lowest BCUT2D eigenvalue weighted by molar-refractivity contribution is 0.564. The molecule has 2 aromatic carbocycles. The summed E-state index contributed by atoms with van der Waals surface area (Å²) in [7, 11) is 4.50. The molecule has 0 aromatic heterocycles. The van der Waals surface area contributed by atoms with E-state index >= 15 is 0 Å². The lowest BCUT2D eigenvalue weighted by Gasteiger charge is -2.19. The first kappa shape index (κ1) is 20.2. The fourth-order valence-corrected chi connectivity index (χ4v) is 2.66. The summed E-state index contributed by atoms with van der Waals surface area (Å²) in [5.41, 5.74) is 3.46. The summed E-state index contributed by atoms with van der Waals surface area (Å²) >= 11 is 0. The van der Waals surface area contributed by atoms with Crippen LogP contribution in [0.4, 0.5) is 17.1 Å². The first-order valence-corrected chi connectivity index (χ1v) is 9.08. The predicted molar refractivity (Wildman–Crippen MR) is 110 cm³/mol. The summed E-state index contributed by atoms with van der Waals surface area (Å²) in [6.45, 7) is 6.01. The Labute approximate surface area is 149 Å². The van der Waals surface area contributed by atoms with E-state index in [1.807, 2.05) is 18.2 Å². The third kappa shape index (κ3) is 7.58. The molecule has 2 nitrogen and oxygen atoms in total. The average Bonchev–Trinajstić information content (AvgIpc) is 2.64. The molecule has 0 fully saturated rings. The number of benzene rings is 2. The van der Waals surface area contributed by atoms with Gasteiger partial charge in [-0.25, -0.2) is 0 Å². The molecule has 24 heavy (non-hydrogen) atoms. The molecule has 3 heteroatoms. The van der Waals surface area contributed by atoms with E-state index < -0.39 is 0 Å². The smallest absolute Gasteiger partial charge is 0.0606 e. The van der Waals surface area contributed by atoms with Crippen molar-refractivity contribution in [2.45, 2.75) is 58.8 Å². The topological polar surface area (TPSA) is 24.1 Å². The minimum Gasteiger partial charge on any atom is -0.382 e. The Morgan fingerprint density at radius 1 is 0.750 bits per heavy atom. The Kier molecular flexibility index (Phi) is 10.5. The molecule has 0 saturated heterocycles. The Hall–Kier alpha value is -1.90. The number of para-hydroxylation sites is 1. The van der Waals surface area contributed by atoms with Gasteiger partial charge in [0, 0.05) is 23.1 Å². The van der Waals surface area contributed by atoms with E-state index in [0.717, 1.165) is 11.4 Å². The van der Waals surface area contributed by atoms with Crippen molar-refractivity contribution in [2.75, 3.05) is 10.6 Å². The Morgan fingerprint density at radius 2 is 1.33 bits per heavy atom. The molecule has 0 spiro atoms. The Morgan fingerprint density at radius 3 is 1.92 bits per heavy atom. The van der Waals surface area contributed by atoms with E-state index in [1.54, 1.807) is 0 Å². The molecule has 2 radical (unpaired) electrons. The number of hydrogen-bond acceptors (Lipinski definition) is 2. The first-order valence-electron chi connectivity index (χ1n) is 9.08. The summed E-state index contributed by atoms with van der Waals surface area (Å²) in [5.74, 6) is 0. The number of rotatable bonds is 9. The van der Waals surface area contributed by atoms with Crippen molar-refractivity contribution in [2.24, 2.45) is 0 Å². The van der Waals surface area contributed by atoms with Crippen LogP contribution in [0.15, 0.2) is 54.6 Å². The Bertz CT molecular complexity index is 525. The number of unbranched alkanes of at least 4 members (excludes halogenated alkanes) is 1. The van der Waals surface area contributed by atoms with Crippen molar-refractivity contribution in [3.05, 3.63) is 54.6 Å². The van der Waals surface area contributed by atoms with Crippen molar-refractivity contribution in [3.63, 3.8) is 0 Å². The van der Waals surface area contributed by atoms with Gasteiger partial charge in [-0.05, 0) is 49.2 Å². The Balaban J connectivity index is 0.00000139. The summed E-state index contributed by atoms with van der Waals surface area (Å²) in [5, 5.41) is 7.09. The predicted octanol–water partition coefficient (Wildman–Crippen LogP) is 6.40. The zero-order valence-corrected chi connectivity index (χ0v) is 15.4. The summed E-state index contributed by atoms with van der Waals surface area (Å²) in [6, 6.07) is 19.5. The van der Waals surface area contributed by atoms with Gasteiger partial charge in [0.25, 0.3) is 0 Å². The fraction of sp³-hybridized carbons (Fsp3) is 0.429. The maximum atomic E-state index is 4.50. The minimum absolute atomic E-state index is 0.595. The van der Waals surface area contributed by atoms with Gasteiger partial charge in [-0.15, -0.1) is 0 Å². The van der Waals surface area contributed by atoms with Gasteiger partial charge >= 0.3 is 0 Å². The molecule has 0 bridgehead atoms. The molecule has 128 valence electrons. The van der Waals surface area contributed by atoms with Crippen LogP contribution in [0.5, 0.6) is 0 Å². The number of hydrogen-bond donors (Lipinski definition) is 2. The zero-order chi connectivity index (χ0) is 17.6. The van der Waals surface area contributed by atoms with Gasteiger partial charge in [-0.1, -0.05) is 58.1 Å². The molecule has 0 amide bonds. The second kappa shape index (κ2) is 12.5. The van der Waals surface area contributed by atoms with E-state index in [2.05, 4.69) is 68.7 Å². The molecule has 2 aromatic rings. The molecule has 2 N–H and O–H groups in total. The maximum absolute atomic E-state index is 4.50. The second-order valence-corrected chi connectivity index (χ2v) is 5.84. The quantitative estimate of drug-likeness (QED) is 0.522. The van der Waals surface area contributed by atoms with Crippen molar-refractivity contribution < 1.29 is 0 Å². The molecule has 0 heterocycles. The van der Waals surface area contributed by atoms with Crippen LogP contribution in [0.25, 0.3) is 0 Å². The fourth-order valence-electron chi connectivity index (χ4n) is 2.66. The normalized spacial score (nSPS) is 11.1. The molecule has 0 aliphatic rings. The van der Waals surface area contributed by atoms with E-state index in [0.29, 0.717) is 6.04 Å². The molecule has 2 rings (SSSR count). The SMILES string of the molecule is CCCCC(CCC)Nc1ccc(Nc2ccccc2)cc1.[B]C. The van der Waals surface area contributed by atoms with Gasteiger partial charge in [-0.2, -0.15) is 0 Å². The molecule has 1 unspecified atom stereocenters. The van der Waals surface area contributed by atoms with Crippen LogP contribution in [0, 0.1) is 0 Å². The summed E-state index contributed by atoms with van der Waals surface area (Å²) in [6.07, 6.45) is 6.29. The van der Waals surface area contributed by atoms with Crippen LogP contribution >= 0.6 is 0 Å². The van der Waals surface area contributed by atoms with Gasteiger partial charge in [0.2, 0.25) is 0 Å². The second-order valence-electron chi connectivity index (χ2n) is 5.84. The highest BCUT2D eigenvalue weighted by molar-refractivity contribution is 6.05. The van der Waals surface area contributed by atoms with Gasteiger partial charge in [0.1, 0.15) is 0 Å². The van der Waals surface area contributed by atoms with Crippen molar-refractivity contribution in [3.8, 4) is 0 Å². The lowest BCUT2D eigenvalue weighted by Crippen LogP contribution is -2.19. The van der Waals surface area contributed by atoms with Crippen LogP contribution in [-0.2, 0) is 0 Å². The van der Waals surface area contributed by atoms with Crippen LogP contribution in [0.3, 0.4) is 0 Å². The van der Waals surface area contributed by atoms with Crippen molar-refractivity contribution in [1.29, 1.82) is 0 Å². The van der Waals surface area contributed by atoms with Gasteiger partial charge in [-0.3, -0.25) is 0 Å². The average molecular weight is 322 g/mol. The van der Waals surface area contributed by atoms with Crippen LogP contribution < -0.4 is 10.6 Å². The molecule has 1 atom stereocenters. The van der Waals surface area contributed by atoms with Gasteiger partial charge in [0.05, 0.1) is 7.85 Å². The molecule has 0 aliphatic heterocycles. The van der Waals surface area contributed by atoms with Crippen LogP contribution in [0.1, 0.15) is 46.0 Å². The van der Waals surface area contributed by atoms with Crippen molar-refractivity contribution in [1.82, 2.24) is 0 Å². The monoisotopic (exact) mass is 322 g/mol. The zero-order valence-electron chi connectivity index (χ0n) is 15.4. The largest absolute Gasteiger partial charge is 0.382 e. The summed E-state index contributed by atoms with van der Waals surface area (Å²) in [4.78, 5) is 0. The van der Waals surface area contributed by atoms with E-state index in [1.165, 1.54) is 44.6 Å². The highest BCUT2D eigenvalue weighted by Crippen LogP contribution is 2.20. The minimum atomic E-state index is 0.595. The van der Waals surface area contributed by atoms with Crippen molar-refractivity contribution >= 4 is 24.9 Å². The molecular weight excluding hydrogens is 291 g/mol.